The lowest BCUT2D eigenvalue weighted by atomic mass is 10.1. The number of carbonyl (C=O) groups is 1. The van der Waals surface area contributed by atoms with E-state index in [0.29, 0.717) is 12.2 Å². The second-order valence-electron chi connectivity index (χ2n) is 6.20. The van der Waals surface area contributed by atoms with Crippen LogP contribution in [0, 0.1) is 6.92 Å². The van der Waals surface area contributed by atoms with Gasteiger partial charge < -0.3 is 16.0 Å². The molecule has 2 aromatic rings. The Balaban J connectivity index is 1.49. The molecule has 0 bridgehead atoms. The number of anilines is 2. The van der Waals surface area contributed by atoms with Gasteiger partial charge in [0.1, 0.15) is 0 Å². The number of piperazine rings is 1. The number of nitrogen functional groups attached to an aromatic ring is 1. The van der Waals surface area contributed by atoms with Crippen LogP contribution >= 0.6 is 0 Å². The van der Waals surface area contributed by atoms with Crippen molar-refractivity contribution in [2.24, 2.45) is 0 Å². The molecule has 3 N–H and O–H groups in total. The minimum Gasteiger partial charge on any atom is -0.397 e. The highest BCUT2D eigenvalue weighted by atomic mass is 16.1. The molecule has 0 spiro atoms. The summed E-state index contributed by atoms with van der Waals surface area (Å²) < 4.78 is 0. The summed E-state index contributed by atoms with van der Waals surface area (Å²) in [6, 6.07) is 15.6. The lowest BCUT2D eigenvalue weighted by Crippen LogP contribution is -2.50. The molecule has 0 aliphatic carbocycles. The zero-order valence-corrected chi connectivity index (χ0v) is 14.0. The second kappa shape index (κ2) is 7.36. The second-order valence-corrected chi connectivity index (χ2v) is 6.20. The van der Waals surface area contributed by atoms with Crippen LogP contribution in [-0.4, -0.2) is 43.7 Å². The van der Waals surface area contributed by atoms with Gasteiger partial charge in [-0.15, -0.1) is 0 Å². The number of nitrogens with two attached hydrogens (primary N) is 1. The molecule has 0 saturated carbocycles. The van der Waals surface area contributed by atoms with Gasteiger partial charge in [0.15, 0.2) is 0 Å². The maximum atomic E-state index is 12.2. The van der Waals surface area contributed by atoms with Crippen molar-refractivity contribution in [3.8, 4) is 0 Å². The van der Waals surface area contributed by atoms with Crippen molar-refractivity contribution in [1.82, 2.24) is 10.2 Å². The van der Waals surface area contributed by atoms with Crippen molar-refractivity contribution in [3.63, 3.8) is 0 Å². The summed E-state index contributed by atoms with van der Waals surface area (Å²) in [6.45, 7) is 6.20. The monoisotopic (exact) mass is 324 g/mol. The molecule has 3 rings (SSSR count). The van der Waals surface area contributed by atoms with Crippen LogP contribution < -0.4 is 16.0 Å². The van der Waals surface area contributed by atoms with Crippen LogP contribution in [0.1, 0.15) is 15.9 Å². The van der Waals surface area contributed by atoms with E-state index in [4.69, 9.17) is 5.73 Å². The normalized spacial score (nSPS) is 15.3. The van der Waals surface area contributed by atoms with Gasteiger partial charge in [-0.25, -0.2) is 0 Å². The SMILES string of the molecule is Cc1cccc(C(=O)NCN2CCN(c3ccccc3N)CC2)c1. The molecule has 24 heavy (non-hydrogen) atoms. The third-order valence-corrected chi connectivity index (χ3v) is 4.39. The van der Waals surface area contributed by atoms with E-state index in [2.05, 4.69) is 21.2 Å². The molecule has 1 saturated heterocycles. The first-order valence-electron chi connectivity index (χ1n) is 8.30. The van der Waals surface area contributed by atoms with Gasteiger partial charge >= 0.3 is 0 Å². The average Bonchev–Trinajstić information content (AvgIpc) is 2.61. The first-order chi connectivity index (χ1) is 11.6. The summed E-state index contributed by atoms with van der Waals surface area (Å²) in [4.78, 5) is 16.8. The molecule has 5 heteroatoms. The third-order valence-electron chi connectivity index (χ3n) is 4.39. The Morgan fingerprint density at radius 3 is 2.54 bits per heavy atom. The van der Waals surface area contributed by atoms with Crippen LogP contribution in [0.25, 0.3) is 0 Å². The summed E-state index contributed by atoms with van der Waals surface area (Å²) in [6.07, 6.45) is 0. The van der Waals surface area contributed by atoms with Crippen LogP contribution in [0.15, 0.2) is 48.5 Å². The molecule has 126 valence electrons. The van der Waals surface area contributed by atoms with E-state index in [1.165, 1.54) is 0 Å². The van der Waals surface area contributed by atoms with Crippen LogP contribution in [0.4, 0.5) is 11.4 Å². The number of carbonyl (C=O) groups excluding carboxylic acids is 1. The van der Waals surface area contributed by atoms with Crippen molar-refractivity contribution in [2.75, 3.05) is 43.5 Å². The highest BCUT2D eigenvalue weighted by Gasteiger charge is 2.18. The van der Waals surface area contributed by atoms with Crippen molar-refractivity contribution in [1.29, 1.82) is 0 Å². The van der Waals surface area contributed by atoms with Gasteiger partial charge in [-0.1, -0.05) is 29.8 Å². The minimum absolute atomic E-state index is 0.0200. The molecular weight excluding hydrogens is 300 g/mol. The molecule has 5 nitrogen and oxygen atoms in total. The van der Waals surface area contributed by atoms with E-state index in [1.54, 1.807) is 0 Å². The maximum Gasteiger partial charge on any atom is 0.252 e. The van der Waals surface area contributed by atoms with Crippen LogP contribution in [-0.2, 0) is 0 Å². The number of nitrogens with zero attached hydrogens (tertiary/aromatic N) is 2. The van der Waals surface area contributed by atoms with Gasteiger partial charge in [0.25, 0.3) is 5.91 Å². The zero-order valence-electron chi connectivity index (χ0n) is 14.0. The summed E-state index contributed by atoms with van der Waals surface area (Å²) in [7, 11) is 0. The first-order valence-corrected chi connectivity index (χ1v) is 8.30. The van der Waals surface area contributed by atoms with Crippen LogP contribution in [0.5, 0.6) is 0 Å². The number of amides is 1. The van der Waals surface area contributed by atoms with Crippen molar-refractivity contribution < 1.29 is 4.79 Å². The van der Waals surface area contributed by atoms with Crippen LogP contribution in [0.3, 0.4) is 0 Å². The Kier molecular flexibility index (Phi) is 5.01. The lowest BCUT2D eigenvalue weighted by Gasteiger charge is -2.36. The van der Waals surface area contributed by atoms with Gasteiger partial charge in [0.05, 0.1) is 18.0 Å². The van der Waals surface area contributed by atoms with Gasteiger partial charge in [-0.2, -0.15) is 0 Å². The number of nitrogens with one attached hydrogen (secondary N) is 1. The molecule has 0 atom stereocenters. The van der Waals surface area contributed by atoms with Gasteiger partial charge in [0.2, 0.25) is 0 Å². The van der Waals surface area contributed by atoms with E-state index in [0.717, 1.165) is 43.1 Å². The molecule has 0 aromatic heterocycles. The first kappa shape index (κ1) is 16.3. The fraction of sp³-hybridized carbons (Fsp3) is 0.316. The van der Waals surface area contributed by atoms with E-state index in [9.17, 15) is 4.79 Å². The van der Waals surface area contributed by atoms with E-state index >= 15 is 0 Å². The Morgan fingerprint density at radius 1 is 1.08 bits per heavy atom. The number of aryl methyl sites for hydroxylation is 1. The van der Waals surface area contributed by atoms with Crippen molar-refractivity contribution in [3.05, 3.63) is 59.7 Å². The quantitative estimate of drug-likeness (QED) is 0.846. The maximum absolute atomic E-state index is 12.2. The standard InChI is InChI=1S/C19H24N4O/c1-15-5-4-6-16(13-15)19(24)21-14-22-9-11-23(12-10-22)18-8-3-2-7-17(18)20/h2-8,13H,9-12,14,20H2,1H3,(H,21,24). The Hall–Kier alpha value is -2.53. The summed E-state index contributed by atoms with van der Waals surface area (Å²) >= 11 is 0. The van der Waals surface area contributed by atoms with E-state index < -0.39 is 0 Å². The fourth-order valence-corrected chi connectivity index (χ4v) is 2.99. The average molecular weight is 324 g/mol. The molecule has 0 radical (unpaired) electrons. The predicted octanol–water partition coefficient (Wildman–Crippen LogP) is 2.09. The van der Waals surface area contributed by atoms with Crippen LogP contribution in [0.2, 0.25) is 0 Å². The number of benzene rings is 2. The Bertz CT molecular complexity index is 708. The third kappa shape index (κ3) is 3.86. The zero-order chi connectivity index (χ0) is 16.9. The fourth-order valence-electron chi connectivity index (χ4n) is 2.99. The minimum atomic E-state index is -0.0200. The molecule has 2 aromatic carbocycles. The summed E-state index contributed by atoms with van der Waals surface area (Å²) in [5.74, 6) is -0.0200. The van der Waals surface area contributed by atoms with Crippen molar-refractivity contribution in [2.45, 2.75) is 6.92 Å². The molecule has 0 unspecified atom stereocenters. The number of rotatable bonds is 4. The number of hydrogen-bond donors (Lipinski definition) is 2. The smallest absolute Gasteiger partial charge is 0.252 e. The largest absolute Gasteiger partial charge is 0.397 e. The molecule has 1 aliphatic rings. The Labute approximate surface area is 143 Å². The molecule has 1 heterocycles. The lowest BCUT2D eigenvalue weighted by molar-refractivity contribution is 0.0920. The summed E-state index contributed by atoms with van der Waals surface area (Å²) in [5.41, 5.74) is 9.77. The molecular formula is C19H24N4O. The highest BCUT2D eigenvalue weighted by Crippen LogP contribution is 2.23. The van der Waals surface area contributed by atoms with E-state index in [-0.39, 0.29) is 5.91 Å². The molecule has 1 fully saturated rings. The highest BCUT2D eigenvalue weighted by molar-refractivity contribution is 5.94. The topological polar surface area (TPSA) is 61.6 Å². The van der Waals surface area contributed by atoms with E-state index in [1.807, 2.05) is 49.4 Å². The van der Waals surface area contributed by atoms with Crippen molar-refractivity contribution >= 4 is 17.3 Å². The van der Waals surface area contributed by atoms with Gasteiger partial charge in [-0.05, 0) is 31.2 Å². The predicted molar refractivity (Wildman–Crippen MR) is 98.2 cm³/mol. The Morgan fingerprint density at radius 2 is 1.83 bits per heavy atom. The summed E-state index contributed by atoms with van der Waals surface area (Å²) in [5, 5.41) is 3.01. The molecule has 1 amide bonds. The molecule has 1 aliphatic heterocycles. The number of hydrogen-bond acceptors (Lipinski definition) is 4. The van der Waals surface area contributed by atoms with Gasteiger partial charge in [0, 0.05) is 31.7 Å². The number of para-hydroxylation sites is 2. The van der Waals surface area contributed by atoms with Gasteiger partial charge in [-0.3, -0.25) is 9.69 Å².